The molecule has 0 unspecified atom stereocenters. The third kappa shape index (κ3) is 3.76. The summed E-state index contributed by atoms with van der Waals surface area (Å²) in [5.41, 5.74) is 7.64. The number of aryl methyl sites for hydroxylation is 1. The number of amidine groups is 1. The number of hydrogen-bond donors (Lipinski definition) is 1. The Morgan fingerprint density at radius 2 is 1.89 bits per heavy atom. The second-order valence-electron chi connectivity index (χ2n) is 4.04. The number of para-hydroxylation sites is 1. The van der Waals surface area contributed by atoms with Gasteiger partial charge in [0.25, 0.3) is 0 Å². The number of ether oxygens (including phenoxy) is 1. The fraction of sp³-hybridized carbons (Fsp3) is 0.133. The summed E-state index contributed by atoms with van der Waals surface area (Å²) in [6.07, 6.45) is 1.90. The first-order chi connectivity index (χ1) is 9.19. The van der Waals surface area contributed by atoms with Gasteiger partial charge in [-0.05, 0) is 43.0 Å². The molecular formula is C15H16N2OS. The van der Waals surface area contributed by atoms with Gasteiger partial charge in [0.1, 0.15) is 11.4 Å². The number of aliphatic imine (C=N–C) groups is 1. The van der Waals surface area contributed by atoms with Crippen molar-refractivity contribution in [2.75, 3.05) is 6.26 Å². The van der Waals surface area contributed by atoms with Crippen LogP contribution in [0.2, 0.25) is 0 Å². The van der Waals surface area contributed by atoms with Crippen molar-refractivity contribution in [3.8, 4) is 11.5 Å². The van der Waals surface area contributed by atoms with E-state index in [1.54, 1.807) is 0 Å². The fourth-order valence-electron chi connectivity index (χ4n) is 1.58. The zero-order chi connectivity index (χ0) is 13.7. The van der Waals surface area contributed by atoms with E-state index in [-0.39, 0.29) is 0 Å². The van der Waals surface area contributed by atoms with E-state index in [1.807, 2.05) is 61.7 Å². The van der Waals surface area contributed by atoms with Crippen LogP contribution in [-0.2, 0) is 0 Å². The van der Waals surface area contributed by atoms with Gasteiger partial charge in [-0.15, -0.1) is 0 Å². The van der Waals surface area contributed by atoms with Crippen LogP contribution in [0.4, 0.5) is 5.69 Å². The normalized spacial score (nSPS) is 11.4. The van der Waals surface area contributed by atoms with E-state index in [4.69, 9.17) is 10.5 Å². The van der Waals surface area contributed by atoms with Crippen molar-refractivity contribution < 1.29 is 4.74 Å². The molecule has 0 heterocycles. The lowest BCUT2D eigenvalue weighted by Gasteiger charge is -2.09. The van der Waals surface area contributed by atoms with Gasteiger partial charge in [-0.25, -0.2) is 4.99 Å². The zero-order valence-corrected chi connectivity index (χ0v) is 11.8. The van der Waals surface area contributed by atoms with Crippen LogP contribution < -0.4 is 10.5 Å². The van der Waals surface area contributed by atoms with Crippen LogP contribution in [0.25, 0.3) is 0 Å². The lowest BCUT2D eigenvalue weighted by molar-refractivity contribution is 0.484. The lowest BCUT2D eigenvalue weighted by atomic mass is 10.2. The standard InChI is InChI=1S/C15H16N2OS/c1-11-8-9-14(13(10-11)17-15(16)19-2)18-12-6-4-3-5-7-12/h3-10H,1-2H3,(H2,16,17). The molecule has 0 bridgehead atoms. The van der Waals surface area contributed by atoms with Gasteiger partial charge >= 0.3 is 0 Å². The minimum atomic E-state index is 0.517. The number of nitrogens with zero attached hydrogens (tertiary/aromatic N) is 1. The minimum absolute atomic E-state index is 0.517. The molecule has 2 rings (SSSR count). The van der Waals surface area contributed by atoms with Crippen molar-refractivity contribution in [1.82, 2.24) is 0 Å². The predicted octanol–water partition coefficient (Wildman–Crippen LogP) is 4.10. The van der Waals surface area contributed by atoms with E-state index in [1.165, 1.54) is 11.8 Å². The highest BCUT2D eigenvalue weighted by Crippen LogP contribution is 2.32. The number of thioether (sulfide) groups is 1. The molecule has 0 atom stereocenters. The van der Waals surface area contributed by atoms with Gasteiger partial charge in [-0.1, -0.05) is 36.0 Å². The van der Waals surface area contributed by atoms with E-state index in [2.05, 4.69) is 4.99 Å². The van der Waals surface area contributed by atoms with Crippen LogP contribution in [0, 0.1) is 6.92 Å². The number of nitrogens with two attached hydrogens (primary N) is 1. The molecule has 98 valence electrons. The van der Waals surface area contributed by atoms with Crippen molar-refractivity contribution >= 4 is 22.6 Å². The quantitative estimate of drug-likeness (QED) is 0.676. The van der Waals surface area contributed by atoms with E-state index < -0.39 is 0 Å². The fourth-order valence-corrected chi connectivity index (χ4v) is 1.77. The summed E-state index contributed by atoms with van der Waals surface area (Å²) < 4.78 is 5.84. The highest BCUT2D eigenvalue weighted by molar-refractivity contribution is 8.13. The molecule has 2 N–H and O–H groups in total. The van der Waals surface area contributed by atoms with Crippen LogP contribution in [0.3, 0.4) is 0 Å². The second-order valence-corrected chi connectivity index (χ2v) is 4.87. The van der Waals surface area contributed by atoms with Crippen molar-refractivity contribution in [1.29, 1.82) is 0 Å². The van der Waals surface area contributed by atoms with Crippen molar-refractivity contribution in [2.24, 2.45) is 10.7 Å². The van der Waals surface area contributed by atoms with E-state index in [9.17, 15) is 0 Å². The monoisotopic (exact) mass is 272 g/mol. The highest BCUT2D eigenvalue weighted by atomic mass is 32.2. The molecule has 0 spiro atoms. The first-order valence-electron chi connectivity index (χ1n) is 5.91. The predicted molar refractivity (Wildman–Crippen MR) is 82.5 cm³/mol. The third-order valence-corrected chi connectivity index (χ3v) is 3.03. The Labute approximate surface area is 117 Å². The Balaban J connectivity index is 2.35. The van der Waals surface area contributed by atoms with Crippen molar-refractivity contribution in [3.63, 3.8) is 0 Å². The first kappa shape index (κ1) is 13.5. The average Bonchev–Trinajstić information content (AvgIpc) is 2.43. The molecule has 0 aromatic heterocycles. The summed E-state index contributed by atoms with van der Waals surface area (Å²) in [7, 11) is 0. The molecule has 4 heteroatoms. The van der Waals surface area contributed by atoms with Gasteiger partial charge in [-0.2, -0.15) is 0 Å². The van der Waals surface area contributed by atoms with Crippen LogP contribution in [0.15, 0.2) is 53.5 Å². The smallest absolute Gasteiger partial charge is 0.159 e. The Hall–Kier alpha value is -1.94. The SMILES string of the molecule is CSC(N)=Nc1cc(C)ccc1Oc1ccccc1. The highest BCUT2D eigenvalue weighted by Gasteiger charge is 2.05. The molecule has 2 aromatic rings. The van der Waals surface area contributed by atoms with E-state index in [0.29, 0.717) is 10.9 Å². The van der Waals surface area contributed by atoms with Gasteiger partial charge in [-0.3, -0.25) is 0 Å². The van der Waals surface area contributed by atoms with Gasteiger partial charge < -0.3 is 10.5 Å². The molecule has 0 fully saturated rings. The molecule has 2 aromatic carbocycles. The summed E-state index contributed by atoms with van der Waals surface area (Å²) in [6.45, 7) is 2.01. The molecule has 0 aliphatic carbocycles. The van der Waals surface area contributed by atoms with E-state index in [0.717, 1.165) is 17.0 Å². The Bertz CT molecular complexity index is 582. The Kier molecular flexibility index (Phi) is 4.47. The summed E-state index contributed by atoms with van der Waals surface area (Å²) in [6, 6.07) is 15.5. The maximum atomic E-state index is 5.84. The molecular weight excluding hydrogens is 256 g/mol. The van der Waals surface area contributed by atoms with Crippen LogP contribution in [0.1, 0.15) is 5.56 Å². The molecule has 19 heavy (non-hydrogen) atoms. The average molecular weight is 272 g/mol. The van der Waals surface area contributed by atoms with Gasteiger partial charge in [0.05, 0.1) is 0 Å². The topological polar surface area (TPSA) is 47.6 Å². The van der Waals surface area contributed by atoms with Crippen LogP contribution in [0.5, 0.6) is 11.5 Å². The maximum Gasteiger partial charge on any atom is 0.159 e. The Morgan fingerprint density at radius 1 is 1.16 bits per heavy atom. The first-order valence-corrected chi connectivity index (χ1v) is 7.13. The maximum absolute atomic E-state index is 5.84. The van der Waals surface area contributed by atoms with E-state index >= 15 is 0 Å². The van der Waals surface area contributed by atoms with Crippen molar-refractivity contribution in [2.45, 2.75) is 6.92 Å². The molecule has 3 nitrogen and oxygen atoms in total. The zero-order valence-electron chi connectivity index (χ0n) is 11.0. The minimum Gasteiger partial charge on any atom is -0.455 e. The Morgan fingerprint density at radius 3 is 2.58 bits per heavy atom. The molecule has 0 saturated carbocycles. The number of rotatable bonds is 3. The third-order valence-electron chi connectivity index (χ3n) is 2.53. The molecule has 0 amide bonds. The van der Waals surface area contributed by atoms with Crippen LogP contribution >= 0.6 is 11.8 Å². The second kappa shape index (κ2) is 6.29. The molecule has 0 aliphatic heterocycles. The largest absolute Gasteiger partial charge is 0.455 e. The summed E-state index contributed by atoms with van der Waals surface area (Å²) in [5.74, 6) is 1.49. The molecule has 0 radical (unpaired) electrons. The number of benzene rings is 2. The summed E-state index contributed by atoms with van der Waals surface area (Å²) in [4.78, 5) is 4.37. The summed E-state index contributed by atoms with van der Waals surface area (Å²) >= 11 is 1.41. The van der Waals surface area contributed by atoms with Gasteiger partial charge in [0.15, 0.2) is 10.9 Å². The number of hydrogen-bond acceptors (Lipinski definition) is 3. The molecule has 0 saturated heterocycles. The van der Waals surface area contributed by atoms with Crippen LogP contribution in [-0.4, -0.2) is 11.4 Å². The lowest BCUT2D eigenvalue weighted by Crippen LogP contribution is -2.04. The van der Waals surface area contributed by atoms with Gasteiger partial charge in [0, 0.05) is 0 Å². The molecule has 0 aliphatic rings. The summed E-state index contributed by atoms with van der Waals surface area (Å²) in [5, 5.41) is 0.517. The van der Waals surface area contributed by atoms with Crippen molar-refractivity contribution in [3.05, 3.63) is 54.1 Å². The van der Waals surface area contributed by atoms with Gasteiger partial charge in [0.2, 0.25) is 0 Å².